The van der Waals surface area contributed by atoms with Gasteiger partial charge in [-0.1, -0.05) is 82.9 Å². The minimum absolute atomic E-state index is 1.08. The standard InChI is InChI=1S/C20H37INS/c1-2-3-4-5-6-7-8-9-10-11-12-13-16-22(17-14-15-21)18-19-23-20-22/h2-13,16-20H2,1H3/q+1. The summed E-state index contributed by atoms with van der Waals surface area (Å²) >= 11 is 4.30. The molecule has 1 atom stereocenters. The zero-order chi connectivity index (χ0) is 16.6. The number of unbranched alkanes of at least 4 members (excludes halogenated alkanes) is 11. The Balaban J connectivity index is 1.91. The van der Waals surface area contributed by atoms with Gasteiger partial charge in [0.2, 0.25) is 0 Å². The van der Waals surface area contributed by atoms with Crippen LogP contribution in [-0.2, 0) is 0 Å². The van der Waals surface area contributed by atoms with E-state index in [9.17, 15) is 0 Å². The number of thioether (sulfide) groups is 1. The lowest BCUT2D eigenvalue weighted by Crippen LogP contribution is -2.46. The van der Waals surface area contributed by atoms with Crippen molar-refractivity contribution in [3.8, 4) is 9.85 Å². The van der Waals surface area contributed by atoms with Gasteiger partial charge in [0.05, 0.1) is 13.1 Å². The van der Waals surface area contributed by atoms with Gasteiger partial charge >= 0.3 is 0 Å². The molecule has 1 heterocycles. The largest absolute Gasteiger partial charge is 0.304 e. The molecule has 0 aliphatic carbocycles. The summed E-state index contributed by atoms with van der Waals surface area (Å²) in [5.74, 6) is 5.95. The summed E-state index contributed by atoms with van der Waals surface area (Å²) in [6.07, 6.45) is 17.3. The lowest BCUT2D eigenvalue weighted by atomic mass is 10.1. The van der Waals surface area contributed by atoms with Crippen LogP contribution in [0.2, 0.25) is 0 Å². The highest BCUT2D eigenvalue weighted by Crippen LogP contribution is 2.24. The van der Waals surface area contributed by atoms with E-state index in [2.05, 4.69) is 51.1 Å². The van der Waals surface area contributed by atoms with Gasteiger partial charge in [-0.15, -0.1) is 0 Å². The van der Waals surface area contributed by atoms with E-state index in [1.807, 2.05) is 0 Å². The lowest BCUT2D eigenvalue weighted by Gasteiger charge is -2.31. The Kier molecular flexibility index (Phi) is 14.0. The molecule has 0 aromatic rings. The van der Waals surface area contributed by atoms with Crippen molar-refractivity contribution in [2.24, 2.45) is 0 Å². The van der Waals surface area contributed by atoms with Crippen molar-refractivity contribution in [1.29, 1.82) is 0 Å². The van der Waals surface area contributed by atoms with Crippen LogP contribution in [0.15, 0.2) is 0 Å². The molecule has 1 aliphatic rings. The number of hydrogen-bond acceptors (Lipinski definition) is 1. The van der Waals surface area contributed by atoms with Gasteiger partial charge in [-0.3, -0.25) is 0 Å². The zero-order valence-electron chi connectivity index (χ0n) is 15.3. The molecule has 1 fully saturated rings. The molecule has 1 saturated heterocycles. The van der Waals surface area contributed by atoms with E-state index < -0.39 is 0 Å². The third kappa shape index (κ3) is 10.9. The van der Waals surface area contributed by atoms with Gasteiger partial charge in [-0.2, -0.15) is 0 Å². The molecule has 0 bridgehead atoms. The fraction of sp³-hybridized carbons (Fsp3) is 0.900. The van der Waals surface area contributed by atoms with Crippen LogP contribution in [0.1, 0.15) is 84.0 Å². The monoisotopic (exact) mass is 450 g/mol. The molecule has 0 aromatic carbocycles. The average Bonchev–Trinajstić information content (AvgIpc) is 3.03. The normalized spacial score (nSPS) is 20.4. The SMILES string of the molecule is CCCCCCCCCCCCCC[N+]1(CC#CI)CCSC1. The zero-order valence-corrected chi connectivity index (χ0v) is 18.2. The number of halogens is 1. The van der Waals surface area contributed by atoms with E-state index in [1.165, 1.54) is 106 Å². The smallest absolute Gasteiger partial charge is 0.142 e. The fourth-order valence-electron chi connectivity index (χ4n) is 3.45. The van der Waals surface area contributed by atoms with Crippen molar-refractivity contribution in [3.63, 3.8) is 0 Å². The molecule has 1 aliphatic heterocycles. The Morgan fingerprint density at radius 3 is 1.91 bits per heavy atom. The molecule has 134 valence electrons. The molecule has 0 spiro atoms. The molecule has 0 saturated carbocycles. The van der Waals surface area contributed by atoms with Crippen LogP contribution in [0.3, 0.4) is 0 Å². The highest BCUT2D eigenvalue weighted by atomic mass is 127. The van der Waals surface area contributed by atoms with Crippen LogP contribution in [0.25, 0.3) is 0 Å². The second-order valence-corrected chi connectivity index (χ2v) is 8.76. The van der Waals surface area contributed by atoms with Crippen LogP contribution in [-0.4, -0.2) is 35.7 Å². The summed E-state index contributed by atoms with van der Waals surface area (Å²) in [7, 11) is 0. The maximum Gasteiger partial charge on any atom is 0.142 e. The van der Waals surface area contributed by atoms with Crippen LogP contribution in [0.5, 0.6) is 0 Å². The van der Waals surface area contributed by atoms with Gasteiger partial charge in [-0.25, -0.2) is 0 Å². The van der Waals surface area contributed by atoms with Gasteiger partial charge < -0.3 is 4.48 Å². The number of nitrogens with zero attached hydrogens (tertiary/aromatic N) is 1. The van der Waals surface area contributed by atoms with Crippen LogP contribution >= 0.6 is 34.4 Å². The molecule has 0 aromatic heterocycles. The first-order valence-electron chi connectivity index (χ1n) is 9.84. The second kappa shape index (κ2) is 14.9. The van der Waals surface area contributed by atoms with Crippen molar-refractivity contribution in [2.45, 2.75) is 84.0 Å². The third-order valence-electron chi connectivity index (χ3n) is 5.04. The Morgan fingerprint density at radius 1 is 0.870 bits per heavy atom. The molecule has 0 radical (unpaired) electrons. The maximum absolute atomic E-state index is 3.32. The summed E-state index contributed by atoms with van der Waals surface area (Å²) in [5.41, 5.74) is 0. The predicted octanol–water partition coefficient (Wildman–Crippen LogP) is 6.60. The summed E-state index contributed by atoms with van der Waals surface area (Å²) in [4.78, 5) is 0. The first-order chi connectivity index (χ1) is 11.3. The first kappa shape index (κ1) is 21.6. The third-order valence-corrected chi connectivity index (χ3v) is 6.63. The molecule has 0 N–H and O–H groups in total. The van der Waals surface area contributed by atoms with Crippen LogP contribution < -0.4 is 0 Å². The number of quaternary nitrogens is 1. The van der Waals surface area contributed by atoms with Crippen molar-refractivity contribution < 1.29 is 4.48 Å². The molecule has 1 unspecified atom stereocenters. The van der Waals surface area contributed by atoms with Gasteiger partial charge in [-0.05, 0) is 22.7 Å². The topological polar surface area (TPSA) is 0 Å². The maximum atomic E-state index is 3.32. The fourth-order valence-corrected chi connectivity index (χ4v) is 5.00. The van der Waals surface area contributed by atoms with Gasteiger partial charge in [0.15, 0.2) is 0 Å². The quantitative estimate of drug-likeness (QED) is 0.124. The van der Waals surface area contributed by atoms with Crippen molar-refractivity contribution in [2.75, 3.05) is 31.3 Å². The number of hydrogen-bond donors (Lipinski definition) is 0. The second-order valence-electron chi connectivity index (χ2n) is 7.14. The van der Waals surface area contributed by atoms with Gasteiger partial charge in [0.25, 0.3) is 0 Å². The van der Waals surface area contributed by atoms with Gasteiger partial charge in [0, 0.05) is 28.3 Å². The molecule has 3 heteroatoms. The predicted molar refractivity (Wildman–Crippen MR) is 115 cm³/mol. The first-order valence-corrected chi connectivity index (χ1v) is 12.1. The molecule has 23 heavy (non-hydrogen) atoms. The van der Waals surface area contributed by atoms with Crippen molar-refractivity contribution >= 4 is 34.4 Å². The Hall–Kier alpha value is 0.600. The van der Waals surface area contributed by atoms with E-state index >= 15 is 0 Å². The molecule has 1 rings (SSSR count). The van der Waals surface area contributed by atoms with Gasteiger partial charge in [0.1, 0.15) is 12.4 Å². The summed E-state index contributed by atoms with van der Waals surface area (Å²) in [5, 5.41) is 0. The minimum atomic E-state index is 1.08. The Labute approximate surface area is 163 Å². The molecule has 0 amide bonds. The van der Waals surface area contributed by atoms with E-state index in [-0.39, 0.29) is 0 Å². The van der Waals surface area contributed by atoms with Crippen LogP contribution in [0, 0.1) is 9.85 Å². The minimum Gasteiger partial charge on any atom is -0.304 e. The highest BCUT2D eigenvalue weighted by Gasteiger charge is 2.30. The summed E-state index contributed by atoms with van der Waals surface area (Å²) in [6.45, 7) is 6.07. The molecule has 1 nitrogen and oxygen atoms in total. The average molecular weight is 450 g/mol. The summed E-state index contributed by atoms with van der Waals surface area (Å²) < 4.78 is 4.32. The number of rotatable bonds is 14. The van der Waals surface area contributed by atoms with Crippen LogP contribution in [0.4, 0.5) is 0 Å². The Bertz CT molecular complexity index is 328. The summed E-state index contributed by atoms with van der Waals surface area (Å²) in [6, 6.07) is 0. The molecular formula is C20H37INS+. The Morgan fingerprint density at radius 2 is 1.43 bits per heavy atom. The molecular weight excluding hydrogens is 413 g/mol. The van der Waals surface area contributed by atoms with Crippen molar-refractivity contribution in [3.05, 3.63) is 0 Å². The highest BCUT2D eigenvalue weighted by molar-refractivity contribution is 14.1. The van der Waals surface area contributed by atoms with E-state index in [1.54, 1.807) is 0 Å². The van der Waals surface area contributed by atoms with E-state index in [0.717, 1.165) is 6.54 Å². The lowest BCUT2D eigenvalue weighted by molar-refractivity contribution is -0.903. The van der Waals surface area contributed by atoms with E-state index in [4.69, 9.17) is 0 Å². The van der Waals surface area contributed by atoms with E-state index in [0.29, 0.717) is 0 Å². The van der Waals surface area contributed by atoms with Crippen molar-refractivity contribution in [1.82, 2.24) is 0 Å².